The van der Waals surface area contributed by atoms with E-state index in [4.69, 9.17) is 5.73 Å². The number of nitrogens with two attached hydrogens (primary N) is 1. The average molecular weight is 292 g/mol. The zero-order valence-electron chi connectivity index (χ0n) is 11.6. The first kappa shape index (κ1) is 13.9. The van der Waals surface area contributed by atoms with Crippen LogP contribution < -0.4 is 5.73 Å². The number of aromatic nitrogens is 2. The van der Waals surface area contributed by atoms with E-state index in [1.165, 1.54) is 11.9 Å². The van der Waals surface area contributed by atoms with Crippen molar-refractivity contribution in [1.82, 2.24) is 14.9 Å². The Morgan fingerprint density at radius 1 is 1.45 bits per heavy atom. The van der Waals surface area contributed by atoms with E-state index in [0.717, 1.165) is 43.1 Å². The number of nitrogens with zero attached hydrogens (tertiary/aromatic N) is 3. The zero-order chi connectivity index (χ0) is 14.1. The smallest absolute Gasteiger partial charge is 0.130 e. The van der Waals surface area contributed by atoms with E-state index in [1.807, 2.05) is 0 Å². The van der Waals surface area contributed by atoms with Crippen LogP contribution in [0.25, 0.3) is 5.57 Å². The maximum absolute atomic E-state index is 10.1. The lowest BCUT2D eigenvalue weighted by atomic mass is 10.1. The molecule has 1 aliphatic heterocycles. The Hall–Kier alpha value is -1.11. The van der Waals surface area contributed by atoms with Gasteiger partial charge in [-0.3, -0.25) is 4.90 Å². The molecule has 0 aromatic carbocycles. The van der Waals surface area contributed by atoms with E-state index in [9.17, 15) is 5.11 Å². The second-order valence-electron chi connectivity index (χ2n) is 5.50. The first-order chi connectivity index (χ1) is 9.69. The van der Waals surface area contributed by atoms with Crippen molar-refractivity contribution in [3.8, 4) is 0 Å². The number of rotatable bonds is 4. The molecular weight excluding hydrogens is 272 g/mol. The second-order valence-corrected chi connectivity index (χ2v) is 6.41. The maximum Gasteiger partial charge on any atom is 0.130 e. The van der Waals surface area contributed by atoms with Gasteiger partial charge in [-0.1, -0.05) is 6.08 Å². The molecule has 1 aromatic rings. The molecule has 0 saturated carbocycles. The number of hydrogen-bond donors (Lipinski definition) is 2. The molecule has 1 fully saturated rings. The summed E-state index contributed by atoms with van der Waals surface area (Å²) in [6.45, 7) is 2.54. The van der Waals surface area contributed by atoms with Crippen LogP contribution in [0.5, 0.6) is 0 Å². The van der Waals surface area contributed by atoms with Gasteiger partial charge >= 0.3 is 0 Å². The van der Waals surface area contributed by atoms with Crippen LogP contribution in [-0.4, -0.2) is 57.7 Å². The molecular formula is C14H20N4OS. The summed E-state index contributed by atoms with van der Waals surface area (Å²) in [4.78, 5) is 10.7. The van der Waals surface area contributed by atoms with Gasteiger partial charge in [-0.05, 0) is 24.0 Å². The highest BCUT2D eigenvalue weighted by atomic mass is 32.2. The summed E-state index contributed by atoms with van der Waals surface area (Å²) in [7, 11) is 0. The molecule has 2 aliphatic rings. The molecule has 3 N–H and O–H groups in total. The summed E-state index contributed by atoms with van der Waals surface area (Å²) in [6.07, 6.45) is 6.42. The Morgan fingerprint density at radius 3 is 3.10 bits per heavy atom. The number of aliphatic hydroxyl groups is 1. The van der Waals surface area contributed by atoms with Crippen molar-refractivity contribution in [2.45, 2.75) is 12.5 Å². The minimum absolute atomic E-state index is 0.209. The van der Waals surface area contributed by atoms with Crippen LogP contribution in [0.2, 0.25) is 0 Å². The van der Waals surface area contributed by atoms with E-state index in [2.05, 4.69) is 27.2 Å². The third kappa shape index (κ3) is 2.55. The molecule has 108 valence electrons. The standard InChI is InChI=1S/C14H20N4OS/c1-20-7-10-5-18(6-12(10)19)4-9-2-3-11-13(9)16-8-17-14(11)15/h2,8,10,12,19H,3-7H2,1H3,(H2,15,16,17)/t10-,12+/m1/s1. The molecule has 2 heterocycles. The van der Waals surface area contributed by atoms with Crippen LogP contribution in [0.15, 0.2) is 12.4 Å². The van der Waals surface area contributed by atoms with Gasteiger partial charge in [-0.15, -0.1) is 0 Å². The minimum atomic E-state index is -0.209. The number of anilines is 1. The number of β-amino-alcohol motifs (C(OH)–C–C–N with tert-alkyl or cyclic N) is 1. The molecule has 6 heteroatoms. The molecule has 20 heavy (non-hydrogen) atoms. The van der Waals surface area contributed by atoms with E-state index in [0.29, 0.717) is 11.7 Å². The fourth-order valence-corrected chi connectivity index (χ4v) is 3.81. The van der Waals surface area contributed by atoms with Gasteiger partial charge in [0.05, 0.1) is 11.8 Å². The van der Waals surface area contributed by atoms with E-state index >= 15 is 0 Å². The molecule has 1 aromatic heterocycles. The number of fused-ring (bicyclic) bond motifs is 1. The first-order valence-electron chi connectivity index (χ1n) is 6.87. The van der Waals surface area contributed by atoms with Crippen LogP contribution >= 0.6 is 11.8 Å². The van der Waals surface area contributed by atoms with Crippen LogP contribution in [0.4, 0.5) is 5.82 Å². The molecule has 3 rings (SSSR count). The van der Waals surface area contributed by atoms with Crippen molar-refractivity contribution in [1.29, 1.82) is 0 Å². The van der Waals surface area contributed by atoms with E-state index < -0.39 is 0 Å². The van der Waals surface area contributed by atoms with Crippen molar-refractivity contribution in [3.05, 3.63) is 23.7 Å². The van der Waals surface area contributed by atoms with Gasteiger partial charge in [0.2, 0.25) is 0 Å². The van der Waals surface area contributed by atoms with Crippen LogP contribution in [0.1, 0.15) is 11.3 Å². The predicted octanol–water partition coefficient (Wildman–Crippen LogP) is 0.654. The van der Waals surface area contributed by atoms with Gasteiger partial charge in [-0.25, -0.2) is 9.97 Å². The van der Waals surface area contributed by atoms with Gasteiger partial charge in [0.1, 0.15) is 12.1 Å². The molecule has 2 atom stereocenters. The third-order valence-corrected chi connectivity index (χ3v) is 4.85. The largest absolute Gasteiger partial charge is 0.391 e. The molecule has 0 unspecified atom stereocenters. The quantitative estimate of drug-likeness (QED) is 0.849. The highest BCUT2D eigenvalue weighted by Crippen LogP contribution is 2.30. The number of aliphatic hydroxyl groups excluding tert-OH is 1. The predicted molar refractivity (Wildman–Crippen MR) is 82.4 cm³/mol. The lowest BCUT2D eigenvalue weighted by Gasteiger charge is -2.16. The number of hydrogen-bond acceptors (Lipinski definition) is 6. The van der Waals surface area contributed by atoms with Gasteiger partial charge in [0.25, 0.3) is 0 Å². The van der Waals surface area contributed by atoms with Gasteiger partial charge in [-0.2, -0.15) is 11.8 Å². The number of allylic oxidation sites excluding steroid dienone is 1. The Labute approximate surface area is 123 Å². The van der Waals surface area contributed by atoms with Crippen molar-refractivity contribution in [2.24, 2.45) is 5.92 Å². The molecule has 0 bridgehead atoms. The average Bonchev–Trinajstić information content (AvgIpc) is 2.97. The van der Waals surface area contributed by atoms with Crippen LogP contribution in [0.3, 0.4) is 0 Å². The summed E-state index contributed by atoms with van der Waals surface area (Å²) >= 11 is 1.80. The monoisotopic (exact) mass is 292 g/mol. The number of likely N-dealkylation sites (tertiary alicyclic amines) is 1. The van der Waals surface area contributed by atoms with Gasteiger partial charge < -0.3 is 10.8 Å². The second kappa shape index (κ2) is 5.71. The molecule has 0 spiro atoms. The Balaban J connectivity index is 1.68. The summed E-state index contributed by atoms with van der Waals surface area (Å²) in [6, 6.07) is 0. The van der Waals surface area contributed by atoms with Crippen LogP contribution in [-0.2, 0) is 6.42 Å². The maximum atomic E-state index is 10.1. The highest BCUT2D eigenvalue weighted by molar-refractivity contribution is 7.98. The normalized spacial score (nSPS) is 25.8. The SMILES string of the molecule is CSC[C@H]1CN(CC2=CCc3c(N)ncnc32)C[C@@H]1O. The van der Waals surface area contributed by atoms with Crippen molar-refractivity contribution < 1.29 is 5.11 Å². The van der Waals surface area contributed by atoms with Crippen molar-refractivity contribution in [3.63, 3.8) is 0 Å². The third-order valence-electron chi connectivity index (χ3n) is 4.09. The van der Waals surface area contributed by atoms with Crippen LogP contribution in [0, 0.1) is 5.92 Å². The fourth-order valence-electron chi connectivity index (χ4n) is 3.05. The molecule has 1 aliphatic carbocycles. The van der Waals surface area contributed by atoms with Crippen molar-refractivity contribution in [2.75, 3.05) is 37.4 Å². The zero-order valence-corrected chi connectivity index (χ0v) is 12.4. The Kier molecular flexibility index (Phi) is 3.96. The van der Waals surface area contributed by atoms with Gasteiger partial charge in [0, 0.05) is 31.1 Å². The number of nitrogen functional groups attached to an aromatic ring is 1. The fraction of sp³-hybridized carbons (Fsp3) is 0.571. The van der Waals surface area contributed by atoms with Crippen molar-refractivity contribution >= 4 is 23.2 Å². The first-order valence-corrected chi connectivity index (χ1v) is 8.26. The Morgan fingerprint density at radius 2 is 2.30 bits per heavy atom. The minimum Gasteiger partial charge on any atom is -0.391 e. The molecule has 0 amide bonds. The Bertz CT molecular complexity index is 534. The highest BCUT2D eigenvalue weighted by Gasteiger charge is 2.32. The summed E-state index contributed by atoms with van der Waals surface area (Å²) < 4.78 is 0. The lowest BCUT2D eigenvalue weighted by Crippen LogP contribution is -2.24. The van der Waals surface area contributed by atoms with Gasteiger partial charge in [0.15, 0.2) is 0 Å². The summed E-state index contributed by atoms with van der Waals surface area (Å²) in [5.41, 5.74) is 9.13. The summed E-state index contributed by atoms with van der Waals surface area (Å²) in [5, 5.41) is 10.1. The molecule has 0 radical (unpaired) electrons. The van der Waals surface area contributed by atoms with E-state index in [1.54, 1.807) is 11.8 Å². The van der Waals surface area contributed by atoms with E-state index in [-0.39, 0.29) is 6.10 Å². The molecule has 5 nitrogen and oxygen atoms in total. The molecule has 1 saturated heterocycles. The topological polar surface area (TPSA) is 75.3 Å². The lowest BCUT2D eigenvalue weighted by molar-refractivity contribution is 0.151. The number of thioether (sulfide) groups is 1. The summed E-state index contributed by atoms with van der Waals surface area (Å²) in [5.74, 6) is 1.98.